The number of likely N-dealkylation sites (tertiary alicyclic amines) is 1. The number of piperidine rings is 1. The molecule has 0 unspecified atom stereocenters. The Hall–Kier alpha value is -1.40. The summed E-state index contributed by atoms with van der Waals surface area (Å²) in [4.78, 5) is 26.6. The maximum absolute atomic E-state index is 11.4. The van der Waals surface area contributed by atoms with Gasteiger partial charge in [0.25, 0.3) is 5.56 Å². The first-order valence-electron chi connectivity index (χ1n) is 5.35. The van der Waals surface area contributed by atoms with E-state index in [1.54, 1.807) is 0 Å². The molecule has 1 aromatic heterocycles. The summed E-state index contributed by atoms with van der Waals surface area (Å²) in [5.74, 6) is 0. The molecule has 1 aliphatic rings. The van der Waals surface area contributed by atoms with Crippen LogP contribution in [0.2, 0.25) is 0 Å². The maximum atomic E-state index is 11.4. The van der Waals surface area contributed by atoms with Crippen molar-refractivity contribution in [3.05, 3.63) is 33.1 Å². The molecule has 0 aromatic carbocycles. The largest absolute Gasteiger partial charge is 0.393 e. The molecule has 1 saturated heterocycles. The average Bonchev–Trinajstić information content (AvgIpc) is 2.25. The molecule has 6 heteroatoms. The summed E-state index contributed by atoms with van der Waals surface area (Å²) in [6, 6.07) is 1.33. The smallest absolute Gasteiger partial charge is 0.329 e. The van der Waals surface area contributed by atoms with Gasteiger partial charge in [0.15, 0.2) is 0 Å². The molecule has 1 aliphatic heterocycles. The van der Waals surface area contributed by atoms with Gasteiger partial charge < -0.3 is 5.11 Å². The molecule has 0 bridgehead atoms. The molecule has 0 amide bonds. The Morgan fingerprint density at radius 1 is 1.38 bits per heavy atom. The molecule has 0 atom stereocenters. The van der Waals surface area contributed by atoms with E-state index in [1.807, 2.05) is 0 Å². The predicted molar refractivity (Wildman–Crippen MR) is 58.1 cm³/mol. The average molecular weight is 225 g/mol. The molecule has 16 heavy (non-hydrogen) atoms. The lowest BCUT2D eigenvalue weighted by molar-refractivity contribution is 0.0670. The number of H-pyrrole nitrogens is 1. The van der Waals surface area contributed by atoms with Gasteiger partial charge in [-0.25, -0.2) is 4.79 Å². The van der Waals surface area contributed by atoms with Crippen LogP contribution in [0.5, 0.6) is 0 Å². The van der Waals surface area contributed by atoms with Crippen LogP contribution in [0.1, 0.15) is 12.8 Å². The first-order chi connectivity index (χ1) is 7.65. The van der Waals surface area contributed by atoms with E-state index >= 15 is 0 Å². The van der Waals surface area contributed by atoms with Crippen LogP contribution >= 0.6 is 0 Å². The zero-order valence-corrected chi connectivity index (χ0v) is 8.93. The van der Waals surface area contributed by atoms with Crippen molar-refractivity contribution in [1.29, 1.82) is 0 Å². The van der Waals surface area contributed by atoms with Crippen molar-refractivity contribution in [2.24, 2.45) is 0 Å². The minimum atomic E-state index is -0.390. The molecule has 2 N–H and O–H groups in total. The molecule has 6 nitrogen and oxygen atoms in total. The highest BCUT2D eigenvalue weighted by Gasteiger charge is 2.16. The molecular formula is C10H15N3O3. The lowest BCUT2D eigenvalue weighted by Crippen LogP contribution is -2.40. The number of aromatic amines is 1. The molecule has 2 heterocycles. The Kier molecular flexibility index (Phi) is 3.21. The molecule has 88 valence electrons. The third-order valence-corrected chi connectivity index (χ3v) is 2.81. The SMILES string of the molecule is O=c1ccn(CN2CCC(O)CC2)c(=O)[nH]1. The van der Waals surface area contributed by atoms with Gasteiger partial charge in [0.05, 0.1) is 12.8 Å². The number of rotatable bonds is 2. The van der Waals surface area contributed by atoms with Crippen molar-refractivity contribution >= 4 is 0 Å². The van der Waals surface area contributed by atoms with E-state index < -0.39 is 5.69 Å². The van der Waals surface area contributed by atoms with Gasteiger partial charge in [-0.3, -0.25) is 19.2 Å². The molecule has 0 radical (unpaired) electrons. The third kappa shape index (κ3) is 2.59. The van der Waals surface area contributed by atoms with Crippen LogP contribution in [0.4, 0.5) is 0 Å². The van der Waals surface area contributed by atoms with E-state index in [4.69, 9.17) is 0 Å². The van der Waals surface area contributed by atoms with E-state index in [9.17, 15) is 14.7 Å². The summed E-state index contributed by atoms with van der Waals surface area (Å²) in [5, 5.41) is 9.34. The summed E-state index contributed by atoms with van der Waals surface area (Å²) in [6.45, 7) is 2.00. The summed E-state index contributed by atoms with van der Waals surface area (Å²) in [7, 11) is 0. The zero-order chi connectivity index (χ0) is 11.5. The molecular weight excluding hydrogens is 210 g/mol. The Morgan fingerprint density at radius 3 is 2.69 bits per heavy atom. The van der Waals surface area contributed by atoms with Crippen LogP contribution in [-0.2, 0) is 6.67 Å². The number of aliphatic hydroxyl groups is 1. The van der Waals surface area contributed by atoms with Gasteiger partial charge in [-0.05, 0) is 12.8 Å². The Morgan fingerprint density at radius 2 is 2.06 bits per heavy atom. The number of hydrogen-bond donors (Lipinski definition) is 2. The van der Waals surface area contributed by atoms with Gasteiger partial charge in [-0.1, -0.05) is 0 Å². The second kappa shape index (κ2) is 4.63. The Labute approximate surface area is 92.1 Å². The van der Waals surface area contributed by atoms with E-state index in [1.165, 1.54) is 16.8 Å². The minimum Gasteiger partial charge on any atom is -0.393 e. The van der Waals surface area contributed by atoms with Crippen LogP contribution < -0.4 is 11.2 Å². The number of hydrogen-bond acceptors (Lipinski definition) is 4. The summed E-state index contributed by atoms with van der Waals surface area (Å²) in [6.07, 6.45) is 2.74. The topological polar surface area (TPSA) is 78.3 Å². The van der Waals surface area contributed by atoms with Gasteiger partial charge in [-0.15, -0.1) is 0 Å². The third-order valence-electron chi connectivity index (χ3n) is 2.81. The summed E-state index contributed by atoms with van der Waals surface area (Å²) < 4.78 is 1.46. The fourth-order valence-electron chi connectivity index (χ4n) is 1.83. The van der Waals surface area contributed by atoms with Crippen LogP contribution in [0.3, 0.4) is 0 Å². The van der Waals surface area contributed by atoms with Crippen LogP contribution in [0, 0.1) is 0 Å². The first-order valence-corrected chi connectivity index (χ1v) is 5.35. The van der Waals surface area contributed by atoms with Crippen molar-refractivity contribution in [2.75, 3.05) is 13.1 Å². The van der Waals surface area contributed by atoms with E-state index in [0.717, 1.165) is 25.9 Å². The highest BCUT2D eigenvalue weighted by molar-refractivity contribution is 4.82. The number of aromatic nitrogens is 2. The normalized spacial score (nSPS) is 18.8. The lowest BCUT2D eigenvalue weighted by Gasteiger charge is -2.29. The molecule has 1 aromatic rings. The molecule has 1 fully saturated rings. The van der Waals surface area contributed by atoms with Crippen LogP contribution in [0.25, 0.3) is 0 Å². The Bertz CT molecular complexity index is 457. The minimum absolute atomic E-state index is 0.219. The predicted octanol–water partition coefficient (Wildman–Crippen LogP) is -1.05. The van der Waals surface area contributed by atoms with E-state index in [2.05, 4.69) is 9.88 Å². The molecule has 0 aliphatic carbocycles. The van der Waals surface area contributed by atoms with Gasteiger partial charge in [0.2, 0.25) is 0 Å². The second-order valence-corrected chi connectivity index (χ2v) is 4.07. The highest BCUT2D eigenvalue weighted by atomic mass is 16.3. The number of aliphatic hydroxyl groups excluding tert-OH is 1. The van der Waals surface area contributed by atoms with E-state index in [-0.39, 0.29) is 11.7 Å². The van der Waals surface area contributed by atoms with Gasteiger partial charge >= 0.3 is 5.69 Å². The molecule has 2 rings (SSSR count). The lowest BCUT2D eigenvalue weighted by atomic mass is 10.1. The van der Waals surface area contributed by atoms with Crippen molar-refractivity contribution in [3.63, 3.8) is 0 Å². The zero-order valence-electron chi connectivity index (χ0n) is 8.93. The Balaban J connectivity index is 2.04. The number of nitrogens with one attached hydrogen (secondary N) is 1. The van der Waals surface area contributed by atoms with Crippen LogP contribution in [0.15, 0.2) is 21.9 Å². The second-order valence-electron chi connectivity index (χ2n) is 4.07. The van der Waals surface area contributed by atoms with Crippen molar-refractivity contribution in [1.82, 2.24) is 14.5 Å². The van der Waals surface area contributed by atoms with E-state index in [0.29, 0.717) is 6.67 Å². The fourth-order valence-corrected chi connectivity index (χ4v) is 1.83. The number of nitrogens with zero attached hydrogens (tertiary/aromatic N) is 2. The fraction of sp³-hybridized carbons (Fsp3) is 0.600. The molecule has 0 spiro atoms. The van der Waals surface area contributed by atoms with Gasteiger partial charge in [-0.2, -0.15) is 0 Å². The summed E-state index contributed by atoms with van der Waals surface area (Å²) >= 11 is 0. The standard InChI is InChI=1S/C10H15N3O3/c14-8-1-4-12(5-2-8)7-13-6-3-9(15)11-10(13)16/h3,6,8,14H,1-2,4-5,7H2,(H,11,15,16). The highest BCUT2D eigenvalue weighted by Crippen LogP contribution is 2.09. The molecule has 0 saturated carbocycles. The summed E-state index contributed by atoms with van der Waals surface area (Å²) in [5.41, 5.74) is -0.770. The van der Waals surface area contributed by atoms with Gasteiger partial charge in [0, 0.05) is 25.4 Å². The van der Waals surface area contributed by atoms with Crippen molar-refractivity contribution in [2.45, 2.75) is 25.6 Å². The van der Waals surface area contributed by atoms with Crippen molar-refractivity contribution < 1.29 is 5.11 Å². The maximum Gasteiger partial charge on any atom is 0.329 e. The first kappa shape index (κ1) is 11.1. The van der Waals surface area contributed by atoms with Gasteiger partial charge in [0.1, 0.15) is 0 Å². The quantitative estimate of drug-likeness (QED) is 0.673. The van der Waals surface area contributed by atoms with Crippen molar-refractivity contribution in [3.8, 4) is 0 Å². The van der Waals surface area contributed by atoms with Crippen LogP contribution in [-0.4, -0.2) is 38.8 Å². The monoisotopic (exact) mass is 225 g/mol.